The summed E-state index contributed by atoms with van der Waals surface area (Å²) >= 11 is 1.50. The number of aliphatic hydroxyl groups is 1. The monoisotopic (exact) mass is 367 g/mol. The number of rotatable bonds is 4. The van der Waals surface area contributed by atoms with Gasteiger partial charge >= 0.3 is 6.09 Å². The van der Waals surface area contributed by atoms with Crippen LogP contribution in [0, 0.1) is 5.92 Å². The fraction of sp³-hybridized carbons (Fsp3) is 0.632. The van der Waals surface area contributed by atoms with Crippen molar-refractivity contribution in [1.29, 1.82) is 0 Å². The van der Waals surface area contributed by atoms with Crippen molar-refractivity contribution in [3.8, 4) is 0 Å². The number of hydrogen-bond acceptors (Lipinski definition) is 5. The lowest BCUT2D eigenvalue weighted by molar-refractivity contribution is -0.0709. The van der Waals surface area contributed by atoms with E-state index < -0.39 is 11.2 Å². The van der Waals surface area contributed by atoms with Gasteiger partial charge in [0, 0.05) is 23.9 Å². The van der Waals surface area contributed by atoms with Gasteiger partial charge in [-0.05, 0) is 46.2 Å². The molecule has 1 aromatic rings. The first-order valence-electron chi connectivity index (χ1n) is 8.69. The van der Waals surface area contributed by atoms with Crippen LogP contribution in [-0.4, -0.2) is 41.4 Å². The molecule has 25 heavy (non-hydrogen) atoms. The molecular weight excluding hydrogens is 338 g/mol. The molecule has 1 amide bonds. The highest BCUT2D eigenvalue weighted by molar-refractivity contribution is 7.13. The Balaban J connectivity index is 2.09. The van der Waals surface area contributed by atoms with Crippen LogP contribution in [0.1, 0.15) is 50.8 Å². The molecule has 1 fully saturated rings. The third kappa shape index (κ3) is 4.55. The van der Waals surface area contributed by atoms with Gasteiger partial charge in [0.25, 0.3) is 0 Å². The van der Waals surface area contributed by atoms with Gasteiger partial charge in [0.15, 0.2) is 0 Å². The fourth-order valence-corrected chi connectivity index (χ4v) is 4.11. The lowest BCUT2D eigenvalue weighted by Crippen LogP contribution is -2.51. The van der Waals surface area contributed by atoms with Gasteiger partial charge in [0.1, 0.15) is 17.0 Å². The van der Waals surface area contributed by atoms with Gasteiger partial charge in [-0.3, -0.25) is 0 Å². The second-order valence-electron chi connectivity index (χ2n) is 7.52. The van der Waals surface area contributed by atoms with Crippen molar-refractivity contribution in [2.75, 3.05) is 19.7 Å². The fourth-order valence-electron chi connectivity index (χ4n) is 2.95. The Hall–Kier alpha value is -1.53. The molecule has 1 N–H and O–H groups in total. The largest absolute Gasteiger partial charge is 0.493 e. The molecule has 2 atom stereocenters. The number of carbonyl (C=O) groups excluding carboxylic acids is 1. The zero-order valence-corrected chi connectivity index (χ0v) is 16.6. The topological polar surface area (TPSA) is 59.0 Å². The lowest BCUT2D eigenvalue weighted by Gasteiger charge is -2.42. The molecule has 1 aliphatic rings. The number of thiophene rings is 1. The van der Waals surface area contributed by atoms with Gasteiger partial charge in [-0.15, -0.1) is 11.3 Å². The van der Waals surface area contributed by atoms with E-state index in [1.807, 2.05) is 46.8 Å². The maximum Gasteiger partial charge on any atom is 0.410 e. The molecule has 1 aliphatic heterocycles. The maximum atomic E-state index is 12.3. The Kier molecular flexibility index (Phi) is 5.84. The van der Waals surface area contributed by atoms with Crippen molar-refractivity contribution >= 4 is 23.2 Å². The van der Waals surface area contributed by atoms with Crippen LogP contribution in [0.15, 0.2) is 18.7 Å². The highest BCUT2D eigenvalue weighted by Gasteiger charge is 2.43. The SMILES string of the molecule is C=C(OCC)c1ccc(C2(O)CCN(C(=O)OC(C)(C)C)CC2C)s1. The van der Waals surface area contributed by atoms with Crippen LogP contribution in [0.4, 0.5) is 4.79 Å². The molecule has 0 aliphatic carbocycles. The number of likely N-dealkylation sites (tertiary alicyclic amines) is 1. The Morgan fingerprint density at radius 1 is 1.48 bits per heavy atom. The van der Waals surface area contributed by atoms with Gasteiger partial charge in [0.2, 0.25) is 0 Å². The molecule has 2 rings (SSSR count). The normalized spacial score (nSPS) is 24.1. The molecule has 2 unspecified atom stereocenters. The Morgan fingerprint density at radius 3 is 2.72 bits per heavy atom. The van der Waals surface area contributed by atoms with Crippen LogP contribution in [0.25, 0.3) is 5.76 Å². The molecule has 0 spiro atoms. The number of amides is 1. The summed E-state index contributed by atoms with van der Waals surface area (Å²) in [6.45, 7) is 14.9. The minimum absolute atomic E-state index is 0.0966. The summed E-state index contributed by atoms with van der Waals surface area (Å²) in [6.07, 6.45) is 0.159. The minimum Gasteiger partial charge on any atom is -0.493 e. The van der Waals surface area contributed by atoms with E-state index in [2.05, 4.69) is 6.58 Å². The van der Waals surface area contributed by atoms with Crippen molar-refractivity contribution in [1.82, 2.24) is 4.90 Å². The first kappa shape index (κ1) is 19.8. The van der Waals surface area contributed by atoms with E-state index >= 15 is 0 Å². The van der Waals surface area contributed by atoms with E-state index in [1.165, 1.54) is 11.3 Å². The standard InChI is InChI=1S/C19H29NO4S/c1-7-23-14(3)15-8-9-16(25-15)19(22)10-11-20(12-13(19)2)17(21)24-18(4,5)6/h8-9,13,22H,3,7,10-12H2,1-2,4-6H3. The molecule has 140 valence electrons. The van der Waals surface area contributed by atoms with E-state index in [9.17, 15) is 9.90 Å². The molecule has 5 nitrogen and oxygen atoms in total. The third-order valence-corrected chi connectivity index (χ3v) is 5.64. The first-order chi connectivity index (χ1) is 11.6. The second-order valence-corrected chi connectivity index (χ2v) is 8.61. The molecule has 0 bridgehead atoms. The molecule has 2 heterocycles. The summed E-state index contributed by atoms with van der Waals surface area (Å²) in [5, 5.41) is 11.2. The molecule has 0 aromatic carbocycles. The highest BCUT2D eigenvalue weighted by Crippen LogP contribution is 2.41. The van der Waals surface area contributed by atoms with Crippen LogP contribution in [-0.2, 0) is 15.1 Å². The number of piperidine rings is 1. The predicted molar refractivity (Wildman–Crippen MR) is 100 cm³/mol. The van der Waals surface area contributed by atoms with E-state index in [4.69, 9.17) is 9.47 Å². The van der Waals surface area contributed by atoms with Gasteiger partial charge in [-0.1, -0.05) is 13.5 Å². The summed E-state index contributed by atoms with van der Waals surface area (Å²) in [4.78, 5) is 15.8. The number of carbonyl (C=O) groups is 1. The number of ether oxygens (including phenoxy) is 2. The van der Waals surface area contributed by atoms with Gasteiger partial charge in [0.05, 0.1) is 11.5 Å². The van der Waals surface area contributed by atoms with Crippen LogP contribution in [0.3, 0.4) is 0 Å². The summed E-state index contributed by atoms with van der Waals surface area (Å²) in [7, 11) is 0. The van der Waals surface area contributed by atoms with Crippen molar-refractivity contribution in [3.05, 3.63) is 28.5 Å². The second kappa shape index (κ2) is 7.38. The number of hydrogen-bond donors (Lipinski definition) is 1. The maximum absolute atomic E-state index is 12.3. The zero-order valence-electron chi connectivity index (χ0n) is 15.8. The highest BCUT2D eigenvalue weighted by atomic mass is 32.1. The van der Waals surface area contributed by atoms with Crippen molar-refractivity contribution in [2.24, 2.45) is 5.92 Å². The number of nitrogens with zero attached hydrogens (tertiary/aromatic N) is 1. The van der Waals surface area contributed by atoms with Crippen molar-refractivity contribution < 1.29 is 19.4 Å². The minimum atomic E-state index is -0.950. The predicted octanol–water partition coefficient (Wildman–Crippen LogP) is 4.22. The van der Waals surface area contributed by atoms with Crippen LogP contribution < -0.4 is 0 Å². The summed E-state index contributed by atoms with van der Waals surface area (Å²) in [5.41, 5.74) is -1.47. The smallest absolute Gasteiger partial charge is 0.410 e. The Bertz CT molecular complexity index is 634. The van der Waals surface area contributed by atoms with Crippen LogP contribution in [0.5, 0.6) is 0 Å². The third-order valence-electron chi connectivity index (χ3n) is 4.35. The van der Waals surface area contributed by atoms with Gasteiger partial charge < -0.3 is 19.5 Å². The first-order valence-corrected chi connectivity index (χ1v) is 9.51. The van der Waals surface area contributed by atoms with Gasteiger partial charge in [-0.2, -0.15) is 0 Å². The van der Waals surface area contributed by atoms with E-state index in [1.54, 1.807) is 4.90 Å². The van der Waals surface area contributed by atoms with Crippen LogP contribution in [0.2, 0.25) is 0 Å². The molecule has 1 aromatic heterocycles. The summed E-state index contributed by atoms with van der Waals surface area (Å²) < 4.78 is 10.9. The Labute approximate surface area is 154 Å². The van der Waals surface area contributed by atoms with E-state index in [-0.39, 0.29) is 12.0 Å². The van der Waals surface area contributed by atoms with E-state index in [0.717, 1.165) is 9.75 Å². The molecule has 0 saturated carbocycles. The lowest BCUT2D eigenvalue weighted by atomic mass is 9.81. The van der Waals surface area contributed by atoms with E-state index in [0.29, 0.717) is 31.9 Å². The average molecular weight is 368 g/mol. The summed E-state index contributed by atoms with van der Waals surface area (Å²) in [5.74, 6) is 0.529. The molecule has 6 heteroatoms. The average Bonchev–Trinajstić information content (AvgIpc) is 2.99. The van der Waals surface area contributed by atoms with Gasteiger partial charge in [-0.25, -0.2) is 4.79 Å². The molecular formula is C19H29NO4S. The van der Waals surface area contributed by atoms with Crippen molar-refractivity contribution in [3.63, 3.8) is 0 Å². The zero-order chi connectivity index (χ0) is 18.8. The van der Waals surface area contributed by atoms with Crippen LogP contribution >= 0.6 is 11.3 Å². The summed E-state index contributed by atoms with van der Waals surface area (Å²) in [6, 6.07) is 3.87. The molecule has 0 radical (unpaired) electrons. The molecule has 1 saturated heterocycles. The van der Waals surface area contributed by atoms with Crippen molar-refractivity contribution in [2.45, 2.75) is 52.2 Å². The Morgan fingerprint density at radius 2 is 2.16 bits per heavy atom. The quantitative estimate of drug-likeness (QED) is 0.810.